The van der Waals surface area contributed by atoms with Gasteiger partial charge in [-0.3, -0.25) is 9.59 Å². The first-order valence-electron chi connectivity index (χ1n) is 7.38. The molecule has 2 unspecified atom stereocenters. The van der Waals surface area contributed by atoms with Crippen molar-refractivity contribution >= 4 is 11.7 Å². The Morgan fingerprint density at radius 1 is 1.20 bits per heavy atom. The van der Waals surface area contributed by atoms with Crippen LogP contribution in [0.1, 0.15) is 48.9 Å². The summed E-state index contributed by atoms with van der Waals surface area (Å²) in [6.45, 7) is 0.746. The molecule has 0 aromatic carbocycles. The van der Waals surface area contributed by atoms with Gasteiger partial charge < -0.3 is 4.90 Å². The monoisotopic (exact) mass is 273 g/mol. The number of nitrogens with zero attached hydrogens (tertiary/aromatic N) is 3. The van der Waals surface area contributed by atoms with Crippen LogP contribution < -0.4 is 0 Å². The third-order valence-electron chi connectivity index (χ3n) is 4.46. The van der Waals surface area contributed by atoms with Gasteiger partial charge in [0.25, 0.3) is 5.91 Å². The second-order valence-electron chi connectivity index (χ2n) is 5.66. The summed E-state index contributed by atoms with van der Waals surface area (Å²) in [6.07, 6.45) is 8.69. The van der Waals surface area contributed by atoms with E-state index >= 15 is 0 Å². The van der Waals surface area contributed by atoms with Gasteiger partial charge >= 0.3 is 0 Å². The molecule has 2 atom stereocenters. The summed E-state index contributed by atoms with van der Waals surface area (Å²) in [5.74, 6) is 0.376. The molecule has 5 nitrogen and oxygen atoms in total. The van der Waals surface area contributed by atoms with E-state index in [2.05, 4.69) is 10.2 Å². The lowest BCUT2D eigenvalue weighted by Crippen LogP contribution is -2.48. The van der Waals surface area contributed by atoms with E-state index in [4.69, 9.17) is 0 Å². The first-order valence-corrected chi connectivity index (χ1v) is 7.38. The Kier molecular flexibility index (Phi) is 3.76. The second-order valence-corrected chi connectivity index (χ2v) is 5.66. The number of hydrogen-bond acceptors (Lipinski definition) is 4. The molecule has 1 aliphatic carbocycles. The fourth-order valence-corrected chi connectivity index (χ4v) is 3.46. The zero-order valence-electron chi connectivity index (χ0n) is 11.5. The third kappa shape index (κ3) is 2.44. The molecule has 0 bridgehead atoms. The van der Waals surface area contributed by atoms with Crippen LogP contribution in [0.2, 0.25) is 0 Å². The Hall–Kier alpha value is -1.78. The molecule has 1 aromatic heterocycles. The van der Waals surface area contributed by atoms with Crippen LogP contribution in [-0.2, 0) is 4.79 Å². The first-order chi connectivity index (χ1) is 9.77. The molecule has 1 amide bonds. The van der Waals surface area contributed by atoms with Crippen LogP contribution in [-0.4, -0.2) is 39.4 Å². The van der Waals surface area contributed by atoms with Crippen molar-refractivity contribution < 1.29 is 9.59 Å². The average Bonchev–Trinajstić information content (AvgIpc) is 2.93. The average molecular weight is 273 g/mol. The van der Waals surface area contributed by atoms with E-state index in [1.54, 1.807) is 6.07 Å². The molecular formula is C15H19N3O2. The third-order valence-corrected chi connectivity index (χ3v) is 4.46. The maximum Gasteiger partial charge on any atom is 0.255 e. The molecule has 0 spiro atoms. The number of Topliss-reactive ketones (excluding diaryl/α,β-unsaturated/α-hetero) is 1. The van der Waals surface area contributed by atoms with Crippen LogP contribution >= 0.6 is 0 Å². The Morgan fingerprint density at radius 2 is 2.10 bits per heavy atom. The molecule has 5 heteroatoms. The van der Waals surface area contributed by atoms with E-state index in [-0.39, 0.29) is 17.9 Å². The highest BCUT2D eigenvalue weighted by Gasteiger charge is 2.38. The van der Waals surface area contributed by atoms with Gasteiger partial charge in [-0.2, -0.15) is 10.2 Å². The SMILES string of the molecule is O=C1CCCC1C1CCCCN1C(=O)c1ccnnc1. The summed E-state index contributed by atoms with van der Waals surface area (Å²) in [6, 6.07) is 1.77. The van der Waals surface area contributed by atoms with E-state index in [1.165, 1.54) is 12.4 Å². The predicted octanol–water partition coefficient (Wildman–Crippen LogP) is 1.84. The van der Waals surface area contributed by atoms with Crippen LogP contribution in [0.15, 0.2) is 18.5 Å². The Bertz CT molecular complexity index is 503. The number of rotatable bonds is 2. The molecule has 0 N–H and O–H groups in total. The van der Waals surface area contributed by atoms with Gasteiger partial charge in [0.2, 0.25) is 0 Å². The minimum Gasteiger partial charge on any atom is -0.335 e. The van der Waals surface area contributed by atoms with Gasteiger partial charge in [-0.25, -0.2) is 0 Å². The standard InChI is InChI=1S/C15H19N3O2/c19-14-6-3-4-12(14)13-5-1-2-9-18(13)15(20)11-7-8-16-17-10-11/h7-8,10,12-13H,1-6,9H2. The molecule has 106 valence electrons. The lowest BCUT2D eigenvalue weighted by molar-refractivity contribution is -0.122. The van der Waals surface area contributed by atoms with Gasteiger partial charge in [-0.15, -0.1) is 0 Å². The molecule has 20 heavy (non-hydrogen) atoms. The molecule has 2 aliphatic rings. The van der Waals surface area contributed by atoms with Gasteiger partial charge in [-0.1, -0.05) is 0 Å². The summed E-state index contributed by atoms with van der Waals surface area (Å²) >= 11 is 0. The summed E-state index contributed by atoms with van der Waals surface area (Å²) < 4.78 is 0. The molecular weight excluding hydrogens is 254 g/mol. The first kappa shape index (κ1) is 13.2. The molecule has 1 aromatic rings. The Balaban J connectivity index is 1.82. The van der Waals surface area contributed by atoms with E-state index in [9.17, 15) is 9.59 Å². The van der Waals surface area contributed by atoms with Gasteiger partial charge in [0.15, 0.2) is 0 Å². The van der Waals surface area contributed by atoms with E-state index in [1.807, 2.05) is 4.90 Å². The lowest BCUT2D eigenvalue weighted by Gasteiger charge is -2.38. The molecule has 1 aliphatic heterocycles. The van der Waals surface area contributed by atoms with Gasteiger partial charge in [0.1, 0.15) is 5.78 Å². The fraction of sp³-hybridized carbons (Fsp3) is 0.600. The number of hydrogen-bond donors (Lipinski definition) is 0. The number of carbonyl (C=O) groups excluding carboxylic acids is 2. The van der Waals surface area contributed by atoms with Crippen LogP contribution in [0, 0.1) is 5.92 Å². The van der Waals surface area contributed by atoms with Gasteiger partial charge in [0, 0.05) is 24.9 Å². The Labute approximate surface area is 118 Å². The normalized spacial score (nSPS) is 26.8. The quantitative estimate of drug-likeness (QED) is 0.825. The van der Waals surface area contributed by atoms with Crippen LogP contribution in [0.5, 0.6) is 0 Å². The van der Waals surface area contributed by atoms with E-state index < -0.39 is 0 Å². The van der Waals surface area contributed by atoms with Gasteiger partial charge in [0.05, 0.1) is 18.0 Å². The topological polar surface area (TPSA) is 63.2 Å². The molecule has 2 fully saturated rings. The van der Waals surface area contributed by atoms with Crippen molar-refractivity contribution in [1.29, 1.82) is 0 Å². The number of ketones is 1. The maximum absolute atomic E-state index is 12.6. The van der Waals surface area contributed by atoms with E-state index in [0.717, 1.165) is 38.6 Å². The van der Waals surface area contributed by atoms with Crippen molar-refractivity contribution in [3.63, 3.8) is 0 Å². The predicted molar refractivity (Wildman–Crippen MR) is 73.1 cm³/mol. The van der Waals surface area contributed by atoms with Gasteiger partial charge in [-0.05, 0) is 38.2 Å². The maximum atomic E-state index is 12.6. The van der Waals surface area contributed by atoms with Crippen molar-refractivity contribution in [2.75, 3.05) is 6.54 Å². The van der Waals surface area contributed by atoms with Crippen molar-refractivity contribution in [2.45, 2.75) is 44.6 Å². The minimum absolute atomic E-state index is 0.00991. The lowest BCUT2D eigenvalue weighted by atomic mass is 9.88. The molecule has 1 saturated heterocycles. The molecule has 1 saturated carbocycles. The highest BCUT2D eigenvalue weighted by Crippen LogP contribution is 2.33. The number of aromatic nitrogens is 2. The second kappa shape index (κ2) is 5.69. The van der Waals surface area contributed by atoms with Crippen LogP contribution in [0.3, 0.4) is 0 Å². The van der Waals surface area contributed by atoms with Crippen LogP contribution in [0.25, 0.3) is 0 Å². The summed E-state index contributed by atoms with van der Waals surface area (Å²) in [4.78, 5) is 26.5. The van der Waals surface area contributed by atoms with E-state index in [0.29, 0.717) is 17.8 Å². The number of amides is 1. The van der Waals surface area contributed by atoms with Crippen molar-refractivity contribution in [3.05, 3.63) is 24.0 Å². The largest absolute Gasteiger partial charge is 0.335 e. The molecule has 3 rings (SSSR count). The minimum atomic E-state index is -0.00991. The number of carbonyl (C=O) groups is 2. The van der Waals surface area contributed by atoms with Crippen molar-refractivity contribution in [3.8, 4) is 0 Å². The summed E-state index contributed by atoms with van der Waals surface area (Å²) in [5.41, 5.74) is 0.567. The highest BCUT2D eigenvalue weighted by atomic mass is 16.2. The summed E-state index contributed by atoms with van der Waals surface area (Å²) in [5, 5.41) is 7.48. The number of likely N-dealkylation sites (tertiary alicyclic amines) is 1. The highest BCUT2D eigenvalue weighted by molar-refractivity contribution is 5.94. The van der Waals surface area contributed by atoms with Crippen molar-refractivity contribution in [1.82, 2.24) is 15.1 Å². The molecule has 2 heterocycles. The Morgan fingerprint density at radius 3 is 2.80 bits per heavy atom. The fourth-order valence-electron chi connectivity index (χ4n) is 3.46. The van der Waals surface area contributed by atoms with Crippen LogP contribution in [0.4, 0.5) is 0 Å². The molecule has 0 radical (unpaired) electrons. The zero-order chi connectivity index (χ0) is 13.9. The summed E-state index contributed by atoms with van der Waals surface area (Å²) in [7, 11) is 0. The zero-order valence-corrected chi connectivity index (χ0v) is 11.5. The number of piperidine rings is 1. The smallest absolute Gasteiger partial charge is 0.255 e. The van der Waals surface area contributed by atoms with Crippen molar-refractivity contribution in [2.24, 2.45) is 5.92 Å².